The zero-order valence-electron chi connectivity index (χ0n) is 13.9. The molecule has 1 atom stereocenters. The fraction of sp³-hybridized carbons (Fsp3) is 0.875. The molecule has 1 amide bonds. The zero-order valence-corrected chi connectivity index (χ0v) is 14.7. The number of hydrogen-bond donors (Lipinski definition) is 1. The van der Waals surface area contributed by atoms with Gasteiger partial charge in [-0.05, 0) is 43.0 Å². The second-order valence-electron chi connectivity index (χ2n) is 6.80. The van der Waals surface area contributed by atoms with Crippen molar-refractivity contribution in [2.24, 2.45) is 0 Å². The predicted octanol–water partition coefficient (Wildman–Crippen LogP) is 3.11. The van der Waals surface area contributed by atoms with Gasteiger partial charge in [-0.2, -0.15) is 0 Å². The average molecular weight is 337 g/mol. The van der Waals surface area contributed by atoms with Crippen molar-refractivity contribution in [1.82, 2.24) is 25.5 Å². The number of carbonyl (C=O) groups is 1. The first kappa shape index (κ1) is 16.7. The minimum atomic E-state index is -0.162. The van der Waals surface area contributed by atoms with Crippen LogP contribution in [0.15, 0.2) is 5.16 Å². The lowest BCUT2D eigenvalue weighted by molar-refractivity contribution is -0.121. The van der Waals surface area contributed by atoms with Gasteiger partial charge in [-0.1, -0.05) is 50.3 Å². The summed E-state index contributed by atoms with van der Waals surface area (Å²) in [4.78, 5) is 12.4. The third-order valence-electron chi connectivity index (χ3n) is 4.99. The molecule has 0 bridgehead atoms. The highest BCUT2D eigenvalue weighted by molar-refractivity contribution is 8.00. The van der Waals surface area contributed by atoms with E-state index in [1.165, 1.54) is 50.3 Å². The van der Waals surface area contributed by atoms with Crippen molar-refractivity contribution in [2.75, 3.05) is 0 Å². The Morgan fingerprint density at radius 1 is 1.13 bits per heavy atom. The maximum Gasteiger partial charge on any atom is 0.233 e. The number of hydrogen-bond acceptors (Lipinski definition) is 5. The zero-order chi connectivity index (χ0) is 16.1. The molecule has 1 aromatic heterocycles. The van der Waals surface area contributed by atoms with Gasteiger partial charge in [-0.25, -0.2) is 4.68 Å². The lowest BCUT2D eigenvalue weighted by atomic mass is 9.95. The smallest absolute Gasteiger partial charge is 0.233 e. The van der Waals surface area contributed by atoms with Crippen molar-refractivity contribution < 1.29 is 4.79 Å². The van der Waals surface area contributed by atoms with Crippen LogP contribution in [0.1, 0.15) is 77.2 Å². The Balaban J connectivity index is 1.55. The van der Waals surface area contributed by atoms with E-state index >= 15 is 0 Å². The summed E-state index contributed by atoms with van der Waals surface area (Å²) in [6.07, 6.45) is 12.1. The summed E-state index contributed by atoms with van der Waals surface area (Å²) in [6.45, 7) is 1.95. The van der Waals surface area contributed by atoms with Crippen LogP contribution in [-0.4, -0.2) is 37.4 Å². The second-order valence-corrected chi connectivity index (χ2v) is 8.11. The molecule has 1 unspecified atom stereocenters. The molecular weight excluding hydrogens is 310 g/mol. The molecule has 2 aliphatic carbocycles. The molecule has 2 aliphatic rings. The van der Waals surface area contributed by atoms with E-state index in [1.807, 2.05) is 11.6 Å². The van der Waals surface area contributed by atoms with E-state index in [2.05, 4.69) is 20.8 Å². The fourth-order valence-corrected chi connectivity index (χ4v) is 4.46. The molecule has 0 saturated heterocycles. The third-order valence-corrected chi connectivity index (χ3v) is 6.03. The summed E-state index contributed by atoms with van der Waals surface area (Å²) >= 11 is 1.48. The molecular formula is C16H27N5OS. The second kappa shape index (κ2) is 8.13. The van der Waals surface area contributed by atoms with Crippen molar-refractivity contribution in [3.05, 3.63) is 0 Å². The van der Waals surface area contributed by atoms with Crippen molar-refractivity contribution in [3.8, 4) is 0 Å². The molecule has 0 aliphatic heterocycles. The van der Waals surface area contributed by atoms with Gasteiger partial charge in [0.15, 0.2) is 0 Å². The maximum atomic E-state index is 12.4. The monoisotopic (exact) mass is 337 g/mol. The average Bonchev–Trinajstić information content (AvgIpc) is 3.04. The number of thioether (sulfide) groups is 1. The SMILES string of the molecule is CC(Sc1nnnn1C1CCCCC1)C(=O)NC1CCCCC1. The van der Waals surface area contributed by atoms with Crippen molar-refractivity contribution >= 4 is 17.7 Å². The molecule has 3 rings (SSSR count). The molecule has 1 heterocycles. The lowest BCUT2D eigenvalue weighted by Gasteiger charge is -2.25. The number of nitrogens with zero attached hydrogens (tertiary/aromatic N) is 4. The molecule has 0 radical (unpaired) electrons. The summed E-state index contributed by atoms with van der Waals surface area (Å²) < 4.78 is 1.94. The Morgan fingerprint density at radius 3 is 2.48 bits per heavy atom. The summed E-state index contributed by atoms with van der Waals surface area (Å²) in [5.41, 5.74) is 0. The summed E-state index contributed by atoms with van der Waals surface area (Å²) in [6, 6.07) is 0.753. The van der Waals surface area contributed by atoms with Crippen molar-refractivity contribution in [1.29, 1.82) is 0 Å². The lowest BCUT2D eigenvalue weighted by Crippen LogP contribution is -2.40. The molecule has 128 valence electrons. The normalized spacial score (nSPS) is 22.0. The van der Waals surface area contributed by atoms with Crippen LogP contribution >= 0.6 is 11.8 Å². The van der Waals surface area contributed by atoms with Gasteiger partial charge in [0, 0.05) is 6.04 Å². The van der Waals surface area contributed by atoms with Gasteiger partial charge < -0.3 is 5.32 Å². The van der Waals surface area contributed by atoms with Crippen LogP contribution in [-0.2, 0) is 4.79 Å². The van der Waals surface area contributed by atoms with Gasteiger partial charge in [0.2, 0.25) is 11.1 Å². The third kappa shape index (κ3) is 4.46. The van der Waals surface area contributed by atoms with Crippen LogP contribution < -0.4 is 5.32 Å². The predicted molar refractivity (Wildman–Crippen MR) is 90.3 cm³/mol. The molecule has 0 aromatic carbocycles. The van der Waals surface area contributed by atoms with E-state index in [-0.39, 0.29) is 11.2 Å². The fourth-order valence-electron chi connectivity index (χ4n) is 3.59. The minimum absolute atomic E-state index is 0.111. The summed E-state index contributed by atoms with van der Waals surface area (Å²) in [7, 11) is 0. The van der Waals surface area contributed by atoms with Crippen molar-refractivity contribution in [2.45, 2.75) is 93.6 Å². The van der Waals surface area contributed by atoms with Crippen LogP contribution in [0, 0.1) is 0 Å². The maximum absolute atomic E-state index is 12.4. The highest BCUT2D eigenvalue weighted by Crippen LogP contribution is 2.31. The standard InChI is InChI=1S/C16H27N5OS/c1-12(15(22)17-13-8-4-2-5-9-13)23-16-18-19-20-21(16)14-10-6-3-7-11-14/h12-14H,2-11H2,1H3,(H,17,22). The van der Waals surface area contributed by atoms with E-state index in [1.54, 1.807) is 0 Å². The van der Waals surface area contributed by atoms with E-state index in [0.29, 0.717) is 12.1 Å². The Bertz CT molecular complexity index is 508. The van der Waals surface area contributed by atoms with Gasteiger partial charge >= 0.3 is 0 Å². The number of tetrazole rings is 1. The van der Waals surface area contributed by atoms with E-state index in [4.69, 9.17) is 0 Å². The first-order chi connectivity index (χ1) is 11.2. The van der Waals surface area contributed by atoms with E-state index < -0.39 is 0 Å². The van der Waals surface area contributed by atoms with Gasteiger partial charge in [-0.3, -0.25) is 4.79 Å². The van der Waals surface area contributed by atoms with E-state index in [9.17, 15) is 4.79 Å². The molecule has 0 spiro atoms. The molecule has 6 nitrogen and oxygen atoms in total. The van der Waals surface area contributed by atoms with Gasteiger partial charge in [0.25, 0.3) is 0 Å². The molecule has 1 aromatic rings. The summed E-state index contributed by atoms with van der Waals surface area (Å²) in [5, 5.41) is 16.0. The Labute approximate surface area is 142 Å². The summed E-state index contributed by atoms with van der Waals surface area (Å²) in [5.74, 6) is 0.111. The molecule has 2 fully saturated rings. The van der Waals surface area contributed by atoms with E-state index in [0.717, 1.165) is 30.8 Å². The highest BCUT2D eigenvalue weighted by Gasteiger charge is 2.25. The van der Waals surface area contributed by atoms with Crippen LogP contribution in [0.3, 0.4) is 0 Å². The van der Waals surface area contributed by atoms with Crippen molar-refractivity contribution in [3.63, 3.8) is 0 Å². The number of amides is 1. The number of nitrogens with one attached hydrogen (secondary N) is 1. The molecule has 2 saturated carbocycles. The number of carbonyl (C=O) groups excluding carboxylic acids is 1. The van der Waals surface area contributed by atoms with Crippen LogP contribution in [0.2, 0.25) is 0 Å². The minimum Gasteiger partial charge on any atom is -0.352 e. The molecule has 1 N–H and O–H groups in total. The molecule has 23 heavy (non-hydrogen) atoms. The van der Waals surface area contributed by atoms with Crippen LogP contribution in [0.25, 0.3) is 0 Å². The quantitative estimate of drug-likeness (QED) is 0.836. The number of aromatic nitrogens is 4. The molecule has 7 heteroatoms. The van der Waals surface area contributed by atoms with Gasteiger partial charge in [0.1, 0.15) is 0 Å². The largest absolute Gasteiger partial charge is 0.352 e. The van der Waals surface area contributed by atoms with Gasteiger partial charge in [-0.15, -0.1) is 5.10 Å². The Hall–Kier alpha value is -1.11. The van der Waals surface area contributed by atoms with Crippen LogP contribution in [0.4, 0.5) is 0 Å². The van der Waals surface area contributed by atoms with Crippen LogP contribution in [0.5, 0.6) is 0 Å². The Kier molecular flexibility index (Phi) is 5.91. The first-order valence-corrected chi connectivity index (χ1v) is 9.87. The number of rotatable bonds is 5. The first-order valence-electron chi connectivity index (χ1n) is 8.99. The highest BCUT2D eigenvalue weighted by atomic mass is 32.2. The Morgan fingerprint density at radius 2 is 1.78 bits per heavy atom. The topological polar surface area (TPSA) is 72.7 Å². The van der Waals surface area contributed by atoms with Gasteiger partial charge in [0.05, 0.1) is 11.3 Å².